The van der Waals surface area contributed by atoms with Gasteiger partial charge in [-0.25, -0.2) is 18.1 Å². The molecule has 7 heteroatoms. The van der Waals surface area contributed by atoms with Crippen LogP contribution >= 0.6 is 0 Å². The van der Waals surface area contributed by atoms with E-state index in [0.29, 0.717) is 19.5 Å². The van der Waals surface area contributed by atoms with Gasteiger partial charge in [-0.1, -0.05) is 6.07 Å². The molecule has 6 nitrogen and oxygen atoms in total. The molecule has 106 valence electrons. The van der Waals surface area contributed by atoms with E-state index in [4.69, 9.17) is 0 Å². The minimum absolute atomic E-state index is 0.0209. The number of aliphatic hydroxyl groups is 1. The normalized spacial score (nSPS) is 23.8. The molecule has 0 aromatic carbocycles. The van der Waals surface area contributed by atoms with E-state index in [1.165, 1.54) is 0 Å². The van der Waals surface area contributed by atoms with Gasteiger partial charge in [0.2, 0.25) is 10.0 Å². The fourth-order valence-electron chi connectivity index (χ4n) is 2.08. The molecule has 2 rings (SSSR count). The van der Waals surface area contributed by atoms with E-state index in [1.54, 1.807) is 13.1 Å². The minimum atomic E-state index is -3.27. The summed E-state index contributed by atoms with van der Waals surface area (Å²) in [7, 11) is -3.27. The summed E-state index contributed by atoms with van der Waals surface area (Å²) in [6.07, 6.45) is 2.22. The summed E-state index contributed by atoms with van der Waals surface area (Å²) in [4.78, 5) is 6.19. The zero-order valence-corrected chi connectivity index (χ0v) is 11.7. The third-order valence-corrected chi connectivity index (χ3v) is 4.65. The maximum atomic E-state index is 11.4. The van der Waals surface area contributed by atoms with E-state index in [2.05, 4.69) is 9.71 Å². The van der Waals surface area contributed by atoms with Gasteiger partial charge in [-0.2, -0.15) is 0 Å². The molecular formula is C12H19N3O3S. The van der Waals surface area contributed by atoms with Gasteiger partial charge >= 0.3 is 0 Å². The van der Waals surface area contributed by atoms with E-state index >= 15 is 0 Å². The average molecular weight is 285 g/mol. The van der Waals surface area contributed by atoms with Crippen molar-refractivity contribution < 1.29 is 13.5 Å². The minimum Gasteiger partial charge on any atom is -0.387 e. The van der Waals surface area contributed by atoms with Crippen molar-refractivity contribution in [2.75, 3.05) is 30.3 Å². The van der Waals surface area contributed by atoms with Gasteiger partial charge in [0.05, 0.1) is 11.4 Å². The summed E-state index contributed by atoms with van der Waals surface area (Å²) < 4.78 is 25.2. The Morgan fingerprint density at radius 1 is 1.53 bits per heavy atom. The highest BCUT2D eigenvalue weighted by atomic mass is 32.2. The first-order valence-corrected chi connectivity index (χ1v) is 7.95. The van der Waals surface area contributed by atoms with Crippen molar-refractivity contribution in [2.45, 2.75) is 18.9 Å². The van der Waals surface area contributed by atoms with Crippen LogP contribution in [-0.4, -0.2) is 49.5 Å². The monoisotopic (exact) mass is 285 g/mol. The van der Waals surface area contributed by atoms with Crippen molar-refractivity contribution in [3.8, 4) is 0 Å². The molecule has 1 aliphatic heterocycles. The average Bonchev–Trinajstić information content (AvgIpc) is 2.81. The van der Waals surface area contributed by atoms with Crippen LogP contribution in [0.3, 0.4) is 0 Å². The van der Waals surface area contributed by atoms with Crippen LogP contribution in [0.1, 0.15) is 13.3 Å². The van der Waals surface area contributed by atoms with Crippen LogP contribution in [0, 0.1) is 0 Å². The first-order valence-electron chi connectivity index (χ1n) is 6.30. The predicted molar refractivity (Wildman–Crippen MR) is 73.5 cm³/mol. The topological polar surface area (TPSA) is 82.5 Å². The van der Waals surface area contributed by atoms with Gasteiger partial charge in [-0.15, -0.1) is 0 Å². The molecule has 19 heavy (non-hydrogen) atoms. The third kappa shape index (κ3) is 3.65. The number of hydrogen-bond acceptors (Lipinski definition) is 5. The highest BCUT2D eigenvalue weighted by Gasteiger charge is 2.37. The summed E-state index contributed by atoms with van der Waals surface area (Å²) in [6.45, 7) is 2.67. The summed E-state index contributed by atoms with van der Waals surface area (Å²) in [6, 6.07) is 5.60. The van der Waals surface area contributed by atoms with Gasteiger partial charge in [-0.3, -0.25) is 0 Å². The lowest BCUT2D eigenvalue weighted by Crippen LogP contribution is -2.45. The molecule has 0 amide bonds. The molecule has 2 heterocycles. The Morgan fingerprint density at radius 3 is 2.95 bits per heavy atom. The van der Waals surface area contributed by atoms with Crippen molar-refractivity contribution in [3.05, 3.63) is 24.4 Å². The summed E-state index contributed by atoms with van der Waals surface area (Å²) >= 11 is 0. The number of anilines is 1. The second kappa shape index (κ2) is 5.44. The third-order valence-electron chi connectivity index (χ3n) is 3.31. The Morgan fingerprint density at radius 2 is 2.32 bits per heavy atom. The Balaban J connectivity index is 1.97. The lowest BCUT2D eigenvalue weighted by atomic mass is 10.0. The van der Waals surface area contributed by atoms with Crippen LogP contribution in [0.2, 0.25) is 0 Å². The molecule has 0 unspecified atom stereocenters. The van der Waals surface area contributed by atoms with Gasteiger partial charge in [0, 0.05) is 25.8 Å². The molecule has 1 aliphatic rings. The van der Waals surface area contributed by atoms with E-state index in [9.17, 15) is 13.5 Å². The first-order chi connectivity index (χ1) is 8.94. The Kier molecular flexibility index (Phi) is 4.07. The van der Waals surface area contributed by atoms with Gasteiger partial charge in [-0.05, 0) is 25.5 Å². The van der Waals surface area contributed by atoms with E-state index in [1.807, 2.05) is 23.1 Å². The van der Waals surface area contributed by atoms with Crippen LogP contribution in [-0.2, 0) is 10.0 Å². The van der Waals surface area contributed by atoms with E-state index < -0.39 is 15.6 Å². The van der Waals surface area contributed by atoms with E-state index in [-0.39, 0.29) is 12.3 Å². The Bertz CT molecular complexity index is 520. The number of aromatic nitrogens is 1. The van der Waals surface area contributed by atoms with Crippen LogP contribution in [0.4, 0.5) is 5.82 Å². The standard InChI is InChI=1S/C12H19N3O3S/c1-2-19(17,18)14-9-12(16)6-8-15(10-12)11-5-3-4-7-13-11/h3-5,7,14,16H,2,6,8-10H2,1H3/t12-/m0/s1. The predicted octanol–water partition coefficient (Wildman–Crippen LogP) is -0.0379. The highest BCUT2D eigenvalue weighted by Crippen LogP contribution is 2.24. The van der Waals surface area contributed by atoms with Gasteiger partial charge in [0.15, 0.2) is 0 Å². The molecule has 1 atom stereocenters. The molecule has 1 aromatic heterocycles. The SMILES string of the molecule is CCS(=O)(=O)NC[C@@]1(O)CCN(c2ccccn2)C1. The molecule has 0 spiro atoms. The number of pyridine rings is 1. The molecule has 0 aliphatic carbocycles. The molecular weight excluding hydrogens is 266 g/mol. The molecule has 0 saturated carbocycles. The van der Waals surface area contributed by atoms with Gasteiger partial charge in [0.25, 0.3) is 0 Å². The fraction of sp³-hybridized carbons (Fsp3) is 0.583. The van der Waals surface area contributed by atoms with Crippen LogP contribution in [0.25, 0.3) is 0 Å². The number of nitrogens with zero attached hydrogens (tertiary/aromatic N) is 2. The number of sulfonamides is 1. The van der Waals surface area contributed by atoms with Crippen molar-refractivity contribution in [3.63, 3.8) is 0 Å². The number of hydrogen-bond donors (Lipinski definition) is 2. The van der Waals surface area contributed by atoms with Crippen LogP contribution in [0.15, 0.2) is 24.4 Å². The molecule has 1 fully saturated rings. The first kappa shape index (κ1) is 14.2. The molecule has 0 bridgehead atoms. The van der Waals surface area contributed by atoms with Crippen molar-refractivity contribution in [2.24, 2.45) is 0 Å². The Hall–Kier alpha value is -1.18. The lowest BCUT2D eigenvalue weighted by Gasteiger charge is -2.24. The lowest BCUT2D eigenvalue weighted by molar-refractivity contribution is 0.0686. The smallest absolute Gasteiger partial charge is 0.211 e. The quantitative estimate of drug-likeness (QED) is 0.793. The Labute approximate surface area is 113 Å². The van der Waals surface area contributed by atoms with Crippen molar-refractivity contribution in [1.29, 1.82) is 0 Å². The summed E-state index contributed by atoms with van der Waals surface area (Å²) in [5.41, 5.74) is -1.03. The van der Waals surface area contributed by atoms with Crippen LogP contribution in [0.5, 0.6) is 0 Å². The molecule has 1 saturated heterocycles. The number of β-amino-alcohol motifs (C(OH)–C–C–N with tert-alkyl or cyclic N) is 1. The molecule has 0 radical (unpaired) electrons. The summed E-state index contributed by atoms with van der Waals surface area (Å²) in [5.74, 6) is 0.823. The maximum absolute atomic E-state index is 11.4. The highest BCUT2D eigenvalue weighted by molar-refractivity contribution is 7.89. The molecule has 2 N–H and O–H groups in total. The zero-order chi connectivity index (χ0) is 13.9. The second-order valence-corrected chi connectivity index (χ2v) is 6.90. The summed E-state index contributed by atoms with van der Waals surface area (Å²) in [5, 5.41) is 10.4. The second-order valence-electron chi connectivity index (χ2n) is 4.81. The molecule has 1 aromatic rings. The van der Waals surface area contributed by atoms with Crippen LogP contribution < -0.4 is 9.62 Å². The number of nitrogens with one attached hydrogen (secondary N) is 1. The zero-order valence-electron chi connectivity index (χ0n) is 10.9. The van der Waals surface area contributed by atoms with Crippen molar-refractivity contribution >= 4 is 15.8 Å². The maximum Gasteiger partial charge on any atom is 0.211 e. The van der Waals surface area contributed by atoms with Gasteiger partial charge < -0.3 is 10.0 Å². The van der Waals surface area contributed by atoms with Crippen molar-refractivity contribution in [1.82, 2.24) is 9.71 Å². The van der Waals surface area contributed by atoms with E-state index in [0.717, 1.165) is 5.82 Å². The number of rotatable bonds is 5. The fourth-order valence-corrected chi connectivity index (χ4v) is 2.78. The van der Waals surface area contributed by atoms with Gasteiger partial charge in [0.1, 0.15) is 5.82 Å². The largest absolute Gasteiger partial charge is 0.387 e.